The smallest absolute Gasteiger partial charge is 0.231 e. The lowest BCUT2D eigenvalue weighted by Gasteiger charge is -2.22. The predicted molar refractivity (Wildman–Crippen MR) is 122 cm³/mol. The van der Waals surface area contributed by atoms with Crippen LogP contribution < -0.4 is 20.1 Å². The summed E-state index contributed by atoms with van der Waals surface area (Å²) < 4.78 is 10.8. The number of hydrogen-bond acceptors (Lipinski definition) is 4. The standard InChI is InChI=1S/C21H27N3O3.HI/c1-3-22-20(24-14-21(2,25)17-7-5-4-6-8-17)23-12-11-16-9-10-18-19(13-16)27-15-26-18;/h4-10,13,25H,3,11-12,14-15H2,1-2H3,(H2,22,23,24);1H. The van der Waals surface area contributed by atoms with Gasteiger partial charge in [0, 0.05) is 13.1 Å². The van der Waals surface area contributed by atoms with Crippen LogP contribution in [-0.4, -0.2) is 37.5 Å². The molecule has 1 unspecified atom stereocenters. The number of halogens is 1. The molecule has 0 saturated carbocycles. The molecule has 1 heterocycles. The quantitative estimate of drug-likeness (QED) is 0.312. The average molecular weight is 497 g/mol. The first kappa shape index (κ1) is 22.3. The van der Waals surface area contributed by atoms with Crippen LogP contribution in [0.5, 0.6) is 11.5 Å². The van der Waals surface area contributed by atoms with Gasteiger partial charge in [-0.1, -0.05) is 36.4 Å². The SMILES string of the molecule is CCNC(=NCC(C)(O)c1ccccc1)NCCc1ccc2c(c1)OCO2.I. The number of aliphatic hydroxyl groups is 1. The summed E-state index contributed by atoms with van der Waals surface area (Å²) in [5.74, 6) is 2.28. The molecule has 3 rings (SSSR count). The normalized spacial score (nSPS) is 14.8. The minimum Gasteiger partial charge on any atom is -0.454 e. The van der Waals surface area contributed by atoms with Crippen LogP contribution in [0.3, 0.4) is 0 Å². The molecule has 0 spiro atoms. The molecular weight excluding hydrogens is 469 g/mol. The molecule has 0 radical (unpaired) electrons. The second kappa shape index (κ2) is 10.5. The van der Waals surface area contributed by atoms with E-state index in [2.05, 4.69) is 15.6 Å². The second-order valence-corrected chi connectivity index (χ2v) is 6.70. The molecule has 152 valence electrons. The summed E-state index contributed by atoms with van der Waals surface area (Å²) >= 11 is 0. The largest absolute Gasteiger partial charge is 0.454 e. The van der Waals surface area contributed by atoms with Crippen molar-refractivity contribution in [3.63, 3.8) is 0 Å². The minimum absolute atomic E-state index is 0. The van der Waals surface area contributed by atoms with Crippen LogP contribution in [0.4, 0.5) is 0 Å². The van der Waals surface area contributed by atoms with E-state index in [-0.39, 0.29) is 37.3 Å². The molecule has 1 aliphatic rings. The summed E-state index contributed by atoms with van der Waals surface area (Å²) in [6.45, 7) is 5.83. The minimum atomic E-state index is -1.01. The molecule has 1 atom stereocenters. The fourth-order valence-electron chi connectivity index (χ4n) is 2.88. The zero-order valence-corrected chi connectivity index (χ0v) is 18.6. The Morgan fingerprint density at radius 3 is 2.61 bits per heavy atom. The van der Waals surface area contributed by atoms with Crippen LogP contribution in [-0.2, 0) is 12.0 Å². The Labute approximate surface area is 183 Å². The highest BCUT2D eigenvalue weighted by Gasteiger charge is 2.22. The van der Waals surface area contributed by atoms with Crippen molar-refractivity contribution in [3.8, 4) is 11.5 Å². The predicted octanol–water partition coefficient (Wildman–Crippen LogP) is 3.04. The average Bonchev–Trinajstić information content (AvgIpc) is 3.15. The number of guanidine groups is 1. The number of fused-ring (bicyclic) bond motifs is 1. The number of nitrogens with one attached hydrogen (secondary N) is 2. The van der Waals surface area contributed by atoms with E-state index in [1.807, 2.05) is 55.5 Å². The zero-order valence-electron chi connectivity index (χ0n) is 16.3. The van der Waals surface area contributed by atoms with Crippen LogP contribution in [0.25, 0.3) is 0 Å². The third kappa shape index (κ3) is 6.00. The molecule has 0 aliphatic carbocycles. The van der Waals surface area contributed by atoms with Gasteiger partial charge in [-0.25, -0.2) is 4.99 Å². The molecule has 6 nitrogen and oxygen atoms in total. The van der Waals surface area contributed by atoms with E-state index >= 15 is 0 Å². The molecule has 0 saturated heterocycles. The van der Waals surface area contributed by atoms with E-state index in [9.17, 15) is 5.11 Å². The lowest BCUT2D eigenvalue weighted by atomic mass is 9.96. The molecule has 1 aliphatic heterocycles. The van der Waals surface area contributed by atoms with E-state index in [1.165, 1.54) is 5.56 Å². The first-order valence-corrected chi connectivity index (χ1v) is 9.27. The third-order valence-electron chi connectivity index (χ3n) is 4.43. The number of benzene rings is 2. The highest BCUT2D eigenvalue weighted by Crippen LogP contribution is 2.32. The topological polar surface area (TPSA) is 75.1 Å². The number of ether oxygens (including phenoxy) is 2. The monoisotopic (exact) mass is 497 g/mol. The zero-order chi connectivity index (χ0) is 19.1. The first-order chi connectivity index (χ1) is 13.1. The summed E-state index contributed by atoms with van der Waals surface area (Å²) in [6.07, 6.45) is 0.829. The molecule has 7 heteroatoms. The molecule has 0 aromatic heterocycles. The lowest BCUT2D eigenvalue weighted by Crippen LogP contribution is -2.39. The molecule has 0 amide bonds. The molecule has 2 aromatic carbocycles. The van der Waals surface area contributed by atoms with Crippen molar-refractivity contribution in [1.29, 1.82) is 0 Å². The highest BCUT2D eigenvalue weighted by atomic mass is 127. The number of aliphatic imine (C=N–C) groups is 1. The van der Waals surface area contributed by atoms with Gasteiger partial charge < -0.3 is 25.2 Å². The fourth-order valence-corrected chi connectivity index (χ4v) is 2.88. The molecule has 28 heavy (non-hydrogen) atoms. The number of rotatable bonds is 7. The van der Waals surface area contributed by atoms with Gasteiger partial charge in [0.1, 0.15) is 5.60 Å². The van der Waals surface area contributed by atoms with Crippen molar-refractivity contribution < 1.29 is 14.6 Å². The molecule has 0 fully saturated rings. The fraction of sp³-hybridized carbons (Fsp3) is 0.381. The van der Waals surface area contributed by atoms with Crippen molar-refractivity contribution in [2.45, 2.75) is 25.9 Å². The van der Waals surface area contributed by atoms with E-state index in [1.54, 1.807) is 6.92 Å². The van der Waals surface area contributed by atoms with Crippen LogP contribution in [0, 0.1) is 0 Å². The number of hydrogen-bond donors (Lipinski definition) is 3. The van der Waals surface area contributed by atoms with Gasteiger partial charge in [-0.15, -0.1) is 24.0 Å². The maximum absolute atomic E-state index is 10.7. The Bertz CT molecular complexity index is 782. The maximum Gasteiger partial charge on any atom is 0.231 e. The van der Waals surface area contributed by atoms with Crippen molar-refractivity contribution in [1.82, 2.24) is 10.6 Å². The number of nitrogens with zero attached hydrogens (tertiary/aromatic N) is 1. The van der Waals surface area contributed by atoms with Crippen LogP contribution in [0.15, 0.2) is 53.5 Å². The summed E-state index contributed by atoms with van der Waals surface area (Å²) in [5.41, 5.74) is 1.00. The Hall–Kier alpha value is -2.00. The Morgan fingerprint density at radius 2 is 1.86 bits per heavy atom. The van der Waals surface area contributed by atoms with Crippen LogP contribution in [0.1, 0.15) is 25.0 Å². The van der Waals surface area contributed by atoms with E-state index in [4.69, 9.17) is 9.47 Å². The molecule has 3 N–H and O–H groups in total. The summed E-state index contributed by atoms with van der Waals surface area (Å²) in [7, 11) is 0. The van der Waals surface area contributed by atoms with Gasteiger partial charge in [-0.2, -0.15) is 0 Å². The third-order valence-corrected chi connectivity index (χ3v) is 4.43. The second-order valence-electron chi connectivity index (χ2n) is 6.70. The van der Waals surface area contributed by atoms with Crippen molar-refractivity contribution in [2.75, 3.05) is 26.4 Å². The van der Waals surface area contributed by atoms with Crippen molar-refractivity contribution in [3.05, 3.63) is 59.7 Å². The van der Waals surface area contributed by atoms with Gasteiger partial charge in [0.2, 0.25) is 6.79 Å². The van der Waals surface area contributed by atoms with Gasteiger partial charge in [0.05, 0.1) is 6.54 Å². The van der Waals surface area contributed by atoms with Crippen molar-refractivity contribution in [2.24, 2.45) is 4.99 Å². The van der Waals surface area contributed by atoms with Gasteiger partial charge in [-0.05, 0) is 43.5 Å². The molecular formula is C21H28IN3O3. The summed E-state index contributed by atoms with van der Waals surface area (Å²) in [6, 6.07) is 15.6. The van der Waals surface area contributed by atoms with E-state index in [0.29, 0.717) is 5.96 Å². The van der Waals surface area contributed by atoms with Gasteiger partial charge in [-0.3, -0.25) is 0 Å². The summed E-state index contributed by atoms with van der Waals surface area (Å²) in [5, 5.41) is 17.2. The highest BCUT2D eigenvalue weighted by molar-refractivity contribution is 14.0. The van der Waals surface area contributed by atoms with Gasteiger partial charge >= 0.3 is 0 Å². The van der Waals surface area contributed by atoms with E-state index in [0.717, 1.165) is 36.6 Å². The van der Waals surface area contributed by atoms with Gasteiger partial charge in [0.15, 0.2) is 17.5 Å². The molecule has 2 aromatic rings. The first-order valence-electron chi connectivity index (χ1n) is 9.27. The molecule has 0 bridgehead atoms. The van der Waals surface area contributed by atoms with Crippen molar-refractivity contribution >= 4 is 29.9 Å². The Morgan fingerprint density at radius 1 is 1.11 bits per heavy atom. The Balaban J connectivity index is 0.00000280. The summed E-state index contributed by atoms with van der Waals surface area (Å²) in [4.78, 5) is 4.55. The van der Waals surface area contributed by atoms with E-state index < -0.39 is 5.60 Å². The Kier molecular flexibility index (Phi) is 8.37. The van der Waals surface area contributed by atoms with Gasteiger partial charge in [0.25, 0.3) is 0 Å². The maximum atomic E-state index is 10.7. The van der Waals surface area contributed by atoms with Crippen LogP contribution in [0.2, 0.25) is 0 Å². The van der Waals surface area contributed by atoms with Crippen LogP contribution >= 0.6 is 24.0 Å². The lowest BCUT2D eigenvalue weighted by molar-refractivity contribution is 0.0672.